The van der Waals surface area contributed by atoms with E-state index in [1.165, 1.54) is 61.4 Å². The maximum Gasteiger partial charge on any atom is 0.238 e. The number of nitrogens with one attached hydrogen (secondary N) is 2. The predicted octanol–water partition coefficient (Wildman–Crippen LogP) is 4.45. The molecular formula is C16H20ClN5OS2. The molecule has 1 saturated carbocycles. The van der Waals surface area contributed by atoms with Crippen LogP contribution in [-0.2, 0) is 4.79 Å². The second-order valence-electron chi connectivity index (χ2n) is 5.96. The number of carbonyl (C=O) groups is 1. The van der Waals surface area contributed by atoms with E-state index < -0.39 is 0 Å². The van der Waals surface area contributed by atoms with Crippen molar-refractivity contribution in [2.75, 3.05) is 10.6 Å². The first-order valence-electron chi connectivity index (χ1n) is 8.29. The van der Waals surface area contributed by atoms with Gasteiger partial charge in [0.1, 0.15) is 5.82 Å². The Morgan fingerprint density at radius 3 is 2.84 bits per heavy atom. The molecule has 2 aromatic rings. The highest BCUT2D eigenvalue weighted by molar-refractivity contribution is 8.02. The van der Waals surface area contributed by atoms with Gasteiger partial charge in [0.05, 0.1) is 10.3 Å². The number of hydrogen-bond donors (Lipinski definition) is 2. The monoisotopic (exact) mass is 397 g/mol. The van der Waals surface area contributed by atoms with Gasteiger partial charge in [-0.3, -0.25) is 4.79 Å². The molecule has 1 atom stereocenters. The fourth-order valence-corrected chi connectivity index (χ4v) is 4.70. The molecule has 0 unspecified atom stereocenters. The van der Waals surface area contributed by atoms with E-state index in [2.05, 4.69) is 25.8 Å². The van der Waals surface area contributed by atoms with E-state index in [0.717, 1.165) is 9.47 Å². The molecule has 25 heavy (non-hydrogen) atoms. The standard InChI is InChI=1S/C16H20ClN5OS2/c1-10(14(23)20-13-8-7-11(17)9-18-13)24-16-22-21-15(25-16)19-12-5-3-2-4-6-12/h7-10,12H,2-6H2,1H3,(H,19,21)(H,18,20,23)/t10-/m1/s1. The van der Waals surface area contributed by atoms with Crippen molar-refractivity contribution in [2.24, 2.45) is 0 Å². The molecule has 3 rings (SSSR count). The van der Waals surface area contributed by atoms with Crippen molar-refractivity contribution in [3.8, 4) is 0 Å². The first-order valence-corrected chi connectivity index (χ1v) is 10.4. The van der Waals surface area contributed by atoms with Gasteiger partial charge in [0, 0.05) is 12.2 Å². The zero-order valence-electron chi connectivity index (χ0n) is 13.9. The van der Waals surface area contributed by atoms with Crippen LogP contribution in [0, 0.1) is 0 Å². The molecule has 0 spiro atoms. The number of rotatable bonds is 6. The molecule has 2 heterocycles. The van der Waals surface area contributed by atoms with E-state index in [0.29, 0.717) is 16.9 Å². The molecule has 2 aromatic heterocycles. The van der Waals surface area contributed by atoms with Gasteiger partial charge in [0.15, 0.2) is 4.34 Å². The van der Waals surface area contributed by atoms with E-state index in [9.17, 15) is 4.79 Å². The molecule has 1 amide bonds. The third-order valence-electron chi connectivity index (χ3n) is 3.96. The van der Waals surface area contributed by atoms with Crippen LogP contribution in [0.15, 0.2) is 22.7 Å². The lowest BCUT2D eigenvalue weighted by atomic mass is 9.96. The minimum absolute atomic E-state index is 0.128. The predicted molar refractivity (Wildman–Crippen MR) is 104 cm³/mol. The van der Waals surface area contributed by atoms with Gasteiger partial charge in [-0.2, -0.15) is 0 Å². The average Bonchev–Trinajstić information content (AvgIpc) is 3.04. The summed E-state index contributed by atoms with van der Waals surface area (Å²) < 4.78 is 0.782. The highest BCUT2D eigenvalue weighted by Crippen LogP contribution is 2.31. The number of halogens is 1. The molecule has 1 fully saturated rings. The average molecular weight is 398 g/mol. The first-order chi connectivity index (χ1) is 12.1. The molecule has 6 nitrogen and oxygen atoms in total. The van der Waals surface area contributed by atoms with E-state index in [1.807, 2.05) is 6.92 Å². The minimum atomic E-state index is -0.298. The fourth-order valence-electron chi connectivity index (χ4n) is 2.62. The van der Waals surface area contributed by atoms with Crippen molar-refractivity contribution in [1.82, 2.24) is 15.2 Å². The maximum absolute atomic E-state index is 12.3. The second-order valence-corrected chi connectivity index (χ2v) is 8.97. The smallest absolute Gasteiger partial charge is 0.238 e. The molecule has 1 aliphatic carbocycles. The normalized spacial score (nSPS) is 16.4. The van der Waals surface area contributed by atoms with E-state index in [4.69, 9.17) is 11.6 Å². The van der Waals surface area contributed by atoms with Crippen LogP contribution in [-0.4, -0.2) is 32.4 Å². The number of hydrogen-bond acceptors (Lipinski definition) is 7. The van der Waals surface area contributed by atoms with E-state index in [-0.39, 0.29) is 11.2 Å². The SMILES string of the molecule is C[C@@H](Sc1nnc(NC2CCCCC2)s1)C(=O)Nc1ccc(Cl)cn1. The van der Waals surface area contributed by atoms with Gasteiger partial charge in [-0.15, -0.1) is 10.2 Å². The minimum Gasteiger partial charge on any atom is -0.357 e. The molecule has 9 heteroatoms. The Morgan fingerprint density at radius 2 is 2.12 bits per heavy atom. The summed E-state index contributed by atoms with van der Waals surface area (Å²) in [4.78, 5) is 16.3. The molecule has 2 N–H and O–H groups in total. The zero-order chi connectivity index (χ0) is 17.6. The highest BCUT2D eigenvalue weighted by Gasteiger charge is 2.19. The Bertz CT molecular complexity index is 703. The van der Waals surface area contributed by atoms with Crippen LogP contribution in [0.25, 0.3) is 0 Å². The van der Waals surface area contributed by atoms with Gasteiger partial charge in [0.2, 0.25) is 11.0 Å². The molecule has 0 aromatic carbocycles. The Balaban J connectivity index is 1.51. The van der Waals surface area contributed by atoms with Crippen molar-refractivity contribution >= 4 is 51.6 Å². The van der Waals surface area contributed by atoms with Crippen LogP contribution in [0.5, 0.6) is 0 Å². The van der Waals surface area contributed by atoms with Crippen LogP contribution in [0.4, 0.5) is 10.9 Å². The third-order valence-corrected chi connectivity index (χ3v) is 6.23. The Morgan fingerprint density at radius 1 is 1.32 bits per heavy atom. The van der Waals surface area contributed by atoms with Crippen molar-refractivity contribution in [2.45, 2.75) is 54.7 Å². The molecule has 0 bridgehead atoms. The summed E-state index contributed by atoms with van der Waals surface area (Å²) in [5, 5.41) is 15.7. The Hall–Kier alpha value is -1.38. The lowest BCUT2D eigenvalue weighted by molar-refractivity contribution is -0.115. The largest absolute Gasteiger partial charge is 0.357 e. The molecule has 134 valence electrons. The van der Waals surface area contributed by atoms with Gasteiger partial charge in [-0.05, 0) is 31.9 Å². The van der Waals surface area contributed by atoms with Crippen molar-refractivity contribution in [3.63, 3.8) is 0 Å². The number of pyridine rings is 1. The van der Waals surface area contributed by atoms with Crippen LogP contribution < -0.4 is 10.6 Å². The van der Waals surface area contributed by atoms with Gasteiger partial charge in [-0.25, -0.2) is 4.98 Å². The number of aromatic nitrogens is 3. The molecular weight excluding hydrogens is 378 g/mol. The number of amides is 1. The van der Waals surface area contributed by atoms with Gasteiger partial charge < -0.3 is 10.6 Å². The van der Waals surface area contributed by atoms with Crippen LogP contribution in [0.1, 0.15) is 39.0 Å². The highest BCUT2D eigenvalue weighted by atomic mass is 35.5. The summed E-state index contributed by atoms with van der Waals surface area (Å²) in [5.74, 6) is 0.357. The Labute approximate surface area is 160 Å². The lowest BCUT2D eigenvalue weighted by Crippen LogP contribution is -2.22. The summed E-state index contributed by atoms with van der Waals surface area (Å²) in [5.41, 5.74) is 0. The zero-order valence-corrected chi connectivity index (χ0v) is 16.3. The molecule has 0 saturated heterocycles. The molecule has 0 aliphatic heterocycles. The van der Waals surface area contributed by atoms with Crippen molar-refractivity contribution in [3.05, 3.63) is 23.4 Å². The summed E-state index contributed by atoms with van der Waals surface area (Å²) in [6, 6.07) is 3.86. The number of carbonyl (C=O) groups excluding carboxylic acids is 1. The number of anilines is 2. The van der Waals surface area contributed by atoms with Crippen LogP contribution >= 0.6 is 34.7 Å². The van der Waals surface area contributed by atoms with Gasteiger partial charge in [0.25, 0.3) is 0 Å². The summed E-state index contributed by atoms with van der Waals surface area (Å²) in [6.45, 7) is 1.84. The molecule has 1 aliphatic rings. The first kappa shape index (κ1) is 18.4. The third kappa shape index (κ3) is 5.55. The number of thioether (sulfide) groups is 1. The van der Waals surface area contributed by atoms with Gasteiger partial charge in [-0.1, -0.05) is 54.0 Å². The number of nitrogens with zero attached hydrogens (tertiary/aromatic N) is 3. The maximum atomic E-state index is 12.3. The van der Waals surface area contributed by atoms with E-state index >= 15 is 0 Å². The lowest BCUT2D eigenvalue weighted by Gasteiger charge is -2.21. The Kier molecular flexibility index (Phi) is 6.50. The summed E-state index contributed by atoms with van der Waals surface area (Å²) in [6.07, 6.45) is 7.75. The summed E-state index contributed by atoms with van der Waals surface area (Å²) in [7, 11) is 0. The van der Waals surface area contributed by atoms with Gasteiger partial charge >= 0.3 is 0 Å². The van der Waals surface area contributed by atoms with E-state index in [1.54, 1.807) is 12.1 Å². The molecule has 0 radical (unpaired) electrons. The van der Waals surface area contributed by atoms with Crippen molar-refractivity contribution < 1.29 is 4.79 Å². The van der Waals surface area contributed by atoms with Crippen molar-refractivity contribution in [1.29, 1.82) is 0 Å². The fraction of sp³-hybridized carbons (Fsp3) is 0.500. The second kappa shape index (κ2) is 8.82. The topological polar surface area (TPSA) is 79.8 Å². The quantitative estimate of drug-likeness (QED) is 0.701. The van der Waals surface area contributed by atoms with Crippen LogP contribution in [0.2, 0.25) is 5.02 Å². The van der Waals surface area contributed by atoms with Crippen LogP contribution in [0.3, 0.4) is 0 Å². The summed E-state index contributed by atoms with van der Waals surface area (Å²) >= 11 is 8.68.